The van der Waals surface area contributed by atoms with Gasteiger partial charge in [0.25, 0.3) is 0 Å². The van der Waals surface area contributed by atoms with Crippen LogP contribution in [0.4, 0.5) is 26.7 Å². The number of aryl methyl sites for hydroxylation is 1. The molecule has 2 atom stereocenters. The molecule has 0 saturated carbocycles. The van der Waals surface area contributed by atoms with Gasteiger partial charge in [-0.15, -0.1) is 0 Å². The lowest BCUT2D eigenvalue weighted by atomic mass is 9.92. The Labute approximate surface area is 367 Å². The molecule has 4 aromatic carbocycles. The van der Waals surface area contributed by atoms with Crippen molar-refractivity contribution < 1.29 is 42.0 Å². The highest BCUT2D eigenvalue weighted by molar-refractivity contribution is 7.48. The number of carbonyl (C=O) groups excluding carboxylic acids is 3. The summed E-state index contributed by atoms with van der Waals surface area (Å²) in [5.74, 6) is -0.00357. The van der Waals surface area contributed by atoms with Crippen LogP contribution in [0.5, 0.6) is 0 Å². The maximum atomic E-state index is 13.8. The quantitative estimate of drug-likeness (QED) is 0.0445. The fourth-order valence-corrected chi connectivity index (χ4v) is 8.43. The second kappa shape index (κ2) is 23.9. The van der Waals surface area contributed by atoms with E-state index in [4.69, 9.17) is 23.0 Å². The zero-order valence-electron chi connectivity index (χ0n) is 36.9. The maximum Gasteiger partial charge on any atom is 0.475 e. The van der Waals surface area contributed by atoms with Crippen molar-refractivity contribution in [1.82, 2.24) is 4.90 Å². The molecule has 0 bridgehead atoms. The Kier molecular flexibility index (Phi) is 18.4. The van der Waals surface area contributed by atoms with Crippen molar-refractivity contribution in [1.29, 1.82) is 0 Å². The van der Waals surface area contributed by atoms with E-state index in [0.717, 1.165) is 41.0 Å². The molecule has 0 spiro atoms. The SMILES string of the molecule is CC[C@@H](CC(=O)OCOC(=O)N1CCC[C@H]1COP(=O)(OCc1ccccc1)OCc1ccccc1)c1ccc(N(CC(C)C)CC(C)C)c(NC(=O)Nc2ccc(C)cc2)c1. The van der Waals surface area contributed by atoms with E-state index in [0.29, 0.717) is 49.0 Å². The second-order valence-electron chi connectivity index (χ2n) is 16.5. The summed E-state index contributed by atoms with van der Waals surface area (Å²) in [4.78, 5) is 43.6. The van der Waals surface area contributed by atoms with Crippen LogP contribution in [0.1, 0.15) is 88.5 Å². The lowest BCUT2D eigenvalue weighted by Crippen LogP contribution is -2.39. The molecule has 1 aliphatic rings. The smallest absolute Gasteiger partial charge is 0.428 e. The number of esters is 1. The van der Waals surface area contributed by atoms with E-state index in [1.165, 1.54) is 4.90 Å². The predicted molar refractivity (Wildman–Crippen MR) is 243 cm³/mol. The van der Waals surface area contributed by atoms with Crippen LogP contribution in [0.2, 0.25) is 0 Å². The molecule has 1 saturated heterocycles. The number of hydrogen-bond donors (Lipinski definition) is 2. The van der Waals surface area contributed by atoms with Crippen molar-refractivity contribution in [2.24, 2.45) is 11.8 Å². The standard InChI is InChI=1S/C48H63N4O9P/c1-7-40(41-22-25-45(51(29-35(2)3)30-36(4)5)44(27-41)50-47(54)49-42-23-20-37(6)21-24-42)28-46(53)57-34-58-48(55)52-26-14-19-43(52)33-61-62(56,59-31-38-15-10-8-11-16-38)60-32-39-17-12-9-13-18-39/h8-13,15-18,20-25,27,35-36,40,43H,7,14,19,26,28-34H2,1-6H3,(H2,49,50,54)/t40-,43-/m0/s1. The number of ether oxygens (including phenoxy) is 2. The number of phosphoric acid groups is 1. The average Bonchev–Trinajstić information content (AvgIpc) is 3.74. The minimum atomic E-state index is -4.06. The molecule has 14 heteroatoms. The molecule has 3 amide bonds. The molecular formula is C48H63N4O9P. The Morgan fingerprint density at radius 3 is 1.98 bits per heavy atom. The summed E-state index contributed by atoms with van der Waals surface area (Å²) >= 11 is 0. The first kappa shape index (κ1) is 47.8. The largest absolute Gasteiger partial charge is 0.475 e. The highest BCUT2D eigenvalue weighted by atomic mass is 31.2. The first-order valence-electron chi connectivity index (χ1n) is 21.5. The monoisotopic (exact) mass is 870 g/mol. The first-order chi connectivity index (χ1) is 29.8. The number of phosphoric ester groups is 1. The van der Waals surface area contributed by atoms with E-state index in [2.05, 4.69) is 43.2 Å². The summed E-state index contributed by atoms with van der Waals surface area (Å²) in [6, 6.07) is 31.3. The number of amides is 3. The predicted octanol–water partition coefficient (Wildman–Crippen LogP) is 11.3. The van der Waals surface area contributed by atoms with Gasteiger partial charge in [-0.3, -0.25) is 18.4 Å². The normalized spacial score (nSPS) is 14.5. The van der Waals surface area contributed by atoms with E-state index >= 15 is 0 Å². The number of nitrogens with zero attached hydrogens (tertiary/aromatic N) is 2. The summed E-state index contributed by atoms with van der Waals surface area (Å²) < 4.78 is 42.0. The molecule has 0 aliphatic carbocycles. The topological polar surface area (TPSA) is 145 Å². The molecule has 2 N–H and O–H groups in total. The Balaban J connectivity index is 1.18. The van der Waals surface area contributed by atoms with E-state index < -0.39 is 32.7 Å². The highest BCUT2D eigenvalue weighted by Crippen LogP contribution is 2.51. The molecule has 1 heterocycles. The van der Waals surface area contributed by atoms with Crippen LogP contribution in [-0.4, -0.2) is 62.1 Å². The number of rotatable bonds is 22. The molecule has 0 unspecified atom stereocenters. The van der Waals surface area contributed by atoms with Gasteiger partial charge in [0.2, 0.25) is 6.79 Å². The van der Waals surface area contributed by atoms with Crippen molar-refractivity contribution in [3.05, 3.63) is 125 Å². The minimum Gasteiger partial charge on any atom is -0.428 e. The maximum absolute atomic E-state index is 13.8. The molecule has 0 radical (unpaired) electrons. The van der Waals surface area contributed by atoms with E-state index in [9.17, 15) is 18.9 Å². The van der Waals surface area contributed by atoms with Crippen molar-refractivity contribution in [3.63, 3.8) is 0 Å². The lowest BCUT2D eigenvalue weighted by Gasteiger charge is -2.31. The van der Waals surface area contributed by atoms with Gasteiger partial charge in [-0.25, -0.2) is 14.2 Å². The van der Waals surface area contributed by atoms with Crippen LogP contribution in [0.25, 0.3) is 0 Å². The van der Waals surface area contributed by atoms with Crippen LogP contribution in [0, 0.1) is 18.8 Å². The van der Waals surface area contributed by atoms with Crippen LogP contribution < -0.4 is 15.5 Å². The molecule has 1 fully saturated rings. The zero-order valence-corrected chi connectivity index (χ0v) is 37.8. The lowest BCUT2D eigenvalue weighted by molar-refractivity contribution is -0.153. The van der Waals surface area contributed by atoms with Crippen molar-refractivity contribution in [3.8, 4) is 0 Å². The molecule has 0 aromatic heterocycles. The van der Waals surface area contributed by atoms with Crippen molar-refractivity contribution in [2.45, 2.75) is 92.4 Å². The van der Waals surface area contributed by atoms with Crippen LogP contribution in [0.3, 0.4) is 0 Å². The molecule has 4 aromatic rings. The summed E-state index contributed by atoms with van der Waals surface area (Å²) in [5.41, 5.74) is 5.77. The van der Waals surface area contributed by atoms with Crippen LogP contribution >= 0.6 is 7.82 Å². The van der Waals surface area contributed by atoms with Gasteiger partial charge in [-0.05, 0) is 84.9 Å². The molecule has 13 nitrogen and oxygen atoms in total. The first-order valence-corrected chi connectivity index (χ1v) is 23.0. The number of benzene rings is 4. The zero-order chi connectivity index (χ0) is 44.5. The van der Waals surface area contributed by atoms with Gasteiger partial charge in [0.1, 0.15) is 0 Å². The summed E-state index contributed by atoms with van der Waals surface area (Å²) in [7, 11) is -4.06. The molecule has 1 aliphatic heterocycles. The highest BCUT2D eigenvalue weighted by Gasteiger charge is 2.35. The molecule has 5 rings (SSSR count). The Hall–Kier alpha value is -5.20. The summed E-state index contributed by atoms with van der Waals surface area (Å²) in [6.45, 7) is 14.0. The molecular weight excluding hydrogens is 808 g/mol. The summed E-state index contributed by atoms with van der Waals surface area (Å²) in [5, 5.41) is 6.02. The van der Waals surface area contributed by atoms with Gasteiger partial charge in [0, 0.05) is 25.3 Å². The van der Waals surface area contributed by atoms with E-state index in [-0.39, 0.29) is 38.2 Å². The number of anilines is 3. The fraction of sp³-hybridized carbons (Fsp3) is 0.438. The number of likely N-dealkylation sites (tertiary alicyclic amines) is 1. The molecule has 62 heavy (non-hydrogen) atoms. The average molecular weight is 871 g/mol. The third kappa shape index (κ3) is 15.3. The number of nitrogens with one attached hydrogen (secondary N) is 2. The number of hydrogen-bond acceptors (Lipinski definition) is 10. The van der Waals surface area contributed by atoms with Gasteiger partial charge in [0.05, 0.1) is 43.7 Å². The van der Waals surface area contributed by atoms with Gasteiger partial charge in [-0.2, -0.15) is 0 Å². The van der Waals surface area contributed by atoms with E-state index in [1.807, 2.05) is 117 Å². The number of carbonyl (C=O) groups is 3. The van der Waals surface area contributed by atoms with Crippen LogP contribution in [-0.2, 0) is 45.6 Å². The van der Waals surface area contributed by atoms with E-state index in [1.54, 1.807) is 0 Å². The minimum absolute atomic E-state index is 0.0117. The summed E-state index contributed by atoms with van der Waals surface area (Å²) in [6.07, 6.45) is 1.24. The Bertz CT molecular complexity index is 2010. The van der Waals surface area contributed by atoms with Gasteiger partial charge in [0.15, 0.2) is 0 Å². The Morgan fingerprint density at radius 2 is 1.40 bits per heavy atom. The van der Waals surface area contributed by atoms with Gasteiger partial charge in [-0.1, -0.05) is 119 Å². The third-order valence-electron chi connectivity index (χ3n) is 10.4. The molecule has 334 valence electrons. The van der Waals surface area contributed by atoms with Gasteiger partial charge >= 0.3 is 25.9 Å². The Morgan fingerprint density at radius 1 is 0.790 bits per heavy atom. The van der Waals surface area contributed by atoms with Crippen LogP contribution in [0.15, 0.2) is 103 Å². The third-order valence-corrected chi connectivity index (χ3v) is 11.7. The van der Waals surface area contributed by atoms with Crippen molar-refractivity contribution in [2.75, 3.05) is 48.6 Å². The second-order valence-corrected chi connectivity index (χ2v) is 18.2. The number of urea groups is 1. The van der Waals surface area contributed by atoms with Gasteiger partial charge < -0.3 is 29.9 Å². The van der Waals surface area contributed by atoms with Crippen molar-refractivity contribution >= 4 is 43.0 Å². The fourth-order valence-electron chi connectivity index (χ4n) is 7.24.